The lowest BCUT2D eigenvalue weighted by Crippen LogP contribution is -2.52. The van der Waals surface area contributed by atoms with Crippen LogP contribution in [0.2, 0.25) is 0 Å². The van der Waals surface area contributed by atoms with Gasteiger partial charge in [-0.15, -0.1) is 0 Å². The van der Waals surface area contributed by atoms with Crippen molar-refractivity contribution in [3.05, 3.63) is 65.5 Å². The second-order valence-corrected chi connectivity index (χ2v) is 6.25. The molecule has 0 unspecified atom stereocenters. The number of nitrogens with zero attached hydrogens (tertiary/aromatic N) is 1. The Morgan fingerprint density at radius 3 is 2.75 bits per heavy atom. The third-order valence-corrected chi connectivity index (χ3v) is 4.40. The molecule has 0 saturated heterocycles. The summed E-state index contributed by atoms with van der Waals surface area (Å²) in [7, 11) is 0. The van der Waals surface area contributed by atoms with Crippen LogP contribution in [0.5, 0.6) is 0 Å². The molecule has 0 bridgehead atoms. The minimum atomic E-state index is -0.342. The van der Waals surface area contributed by atoms with Gasteiger partial charge in [0.15, 0.2) is 0 Å². The highest BCUT2D eigenvalue weighted by Gasteiger charge is 2.30. The summed E-state index contributed by atoms with van der Waals surface area (Å²) in [6.07, 6.45) is 5.23. The molecule has 1 aromatic heterocycles. The molecule has 1 fully saturated rings. The number of rotatable bonds is 6. The Morgan fingerprint density at radius 2 is 2.00 bits per heavy atom. The monoisotopic (exact) mass is 325 g/mol. The average molecular weight is 325 g/mol. The second kappa shape index (κ2) is 7.93. The second-order valence-electron chi connectivity index (χ2n) is 6.25. The average Bonchev–Trinajstić information content (AvgIpc) is 2.57. The van der Waals surface area contributed by atoms with Gasteiger partial charge in [-0.25, -0.2) is 4.79 Å². The number of carbonyl (C=O) groups excluding carboxylic acids is 1. The molecule has 3 rings (SSSR count). The van der Waals surface area contributed by atoms with Gasteiger partial charge < -0.3 is 15.4 Å². The van der Waals surface area contributed by atoms with Crippen LogP contribution in [0.15, 0.2) is 48.8 Å². The molecule has 0 spiro atoms. The highest BCUT2D eigenvalue weighted by atomic mass is 16.5. The van der Waals surface area contributed by atoms with E-state index in [1.54, 1.807) is 0 Å². The Labute approximate surface area is 142 Å². The van der Waals surface area contributed by atoms with E-state index in [1.807, 2.05) is 48.8 Å². The summed E-state index contributed by atoms with van der Waals surface area (Å²) >= 11 is 0. The summed E-state index contributed by atoms with van der Waals surface area (Å²) in [4.78, 5) is 15.9. The van der Waals surface area contributed by atoms with Crippen LogP contribution < -0.4 is 10.6 Å². The molecule has 1 aliphatic rings. The number of hydrogen-bond acceptors (Lipinski definition) is 4. The first kappa shape index (κ1) is 16.5. The van der Waals surface area contributed by atoms with Crippen LogP contribution in [0.3, 0.4) is 0 Å². The first-order chi connectivity index (χ1) is 11.7. The molecule has 0 aliphatic heterocycles. The van der Waals surface area contributed by atoms with Gasteiger partial charge in [0.2, 0.25) is 0 Å². The van der Waals surface area contributed by atoms with Crippen molar-refractivity contribution in [2.45, 2.75) is 45.0 Å². The summed E-state index contributed by atoms with van der Waals surface area (Å²) in [5.74, 6) is 0. The fourth-order valence-corrected chi connectivity index (χ4v) is 2.77. The van der Waals surface area contributed by atoms with E-state index in [1.165, 1.54) is 11.1 Å². The van der Waals surface area contributed by atoms with Crippen LogP contribution in [0.1, 0.15) is 29.5 Å². The van der Waals surface area contributed by atoms with Crippen molar-refractivity contribution in [2.75, 3.05) is 0 Å². The first-order valence-corrected chi connectivity index (χ1v) is 8.31. The number of alkyl carbamates (subject to hydrolysis) is 1. The summed E-state index contributed by atoms with van der Waals surface area (Å²) in [6, 6.07) is 12.3. The topological polar surface area (TPSA) is 63.2 Å². The predicted octanol–water partition coefficient (Wildman–Crippen LogP) is 2.94. The van der Waals surface area contributed by atoms with E-state index in [0.29, 0.717) is 12.6 Å². The normalized spacial score (nSPS) is 19.4. The van der Waals surface area contributed by atoms with Gasteiger partial charge in [-0.05, 0) is 42.5 Å². The molecular weight excluding hydrogens is 302 g/mol. The van der Waals surface area contributed by atoms with Crippen molar-refractivity contribution in [3.63, 3.8) is 0 Å². The lowest BCUT2D eigenvalue weighted by Gasteiger charge is -2.36. The first-order valence-electron chi connectivity index (χ1n) is 8.31. The van der Waals surface area contributed by atoms with E-state index in [4.69, 9.17) is 4.74 Å². The maximum atomic E-state index is 11.8. The van der Waals surface area contributed by atoms with Crippen molar-refractivity contribution in [1.29, 1.82) is 0 Å². The molecule has 24 heavy (non-hydrogen) atoms. The van der Waals surface area contributed by atoms with Crippen LogP contribution in [0, 0.1) is 6.92 Å². The third-order valence-electron chi connectivity index (χ3n) is 4.40. The number of amides is 1. The van der Waals surface area contributed by atoms with E-state index < -0.39 is 0 Å². The standard InChI is InChI=1S/C19H23N3O2/c1-14-7-8-20-11-16(14)12-21-17-9-18(10-17)22-19(23)24-13-15-5-3-2-4-6-15/h2-8,11,17-18,21H,9-10,12-13H2,1H3,(H,22,23). The Balaban J connectivity index is 1.32. The number of benzene rings is 1. The molecule has 0 radical (unpaired) electrons. The molecule has 1 aromatic carbocycles. The van der Waals surface area contributed by atoms with Crippen molar-refractivity contribution in [1.82, 2.24) is 15.6 Å². The van der Waals surface area contributed by atoms with E-state index in [9.17, 15) is 4.79 Å². The molecule has 5 heteroatoms. The quantitative estimate of drug-likeness (QED) is 0.857. The number of hydrogen-bond donors (Lipinski definition) is 2. The Kier molecular flexibility index (Phi) is 5.43. The number of nitrogens with one attached hydrogen (secondary N) is 2. The van der Waals surface area contributed by atoms with E-state index in [0.717, 1.165) is 24.9 Å². The molecule has 1 aliphatic carbocycles. The summed E-state index contributed by atoms with van der Waals surface area (Å²) < 4.78 is 5.24. The van der Waals surface area contributed by atoms with Crippen molar-refractivity contribution >= 4 is 6.09 Å². The third kappa shape index (κ3) is 4.55. The maximum Gasteiger partial charge on any atom is 0.407 e. The lowest BCUT2D eigenvalue weighted by molar-refractivity contribution is 0.125. The molecule has 5 nitrogen and oxygen atoms in total. The Bertz CT molecular complexity index is 669. The van der Waals surface area contributed by atoms with Gasteiger partial charge in [-0.1, -0.05) is 30.3 Å². The fourth-order valence-electron chi connectivity index (χ4n) is 2.77. The molecule has 2 N–H and O–H groups in total. The van der Waals surface area contributed by atoms with Crippen molar-refractivity contribution < 1.29 is 9.53 Å². The fraction of sp³-hybridized carbons (Fsp3) is 0.368. The van der Waals surface area contributed by atoms with Crippen LogP contribution in [-0.2, 0) is 17.9 Å². The van der Waals surface area contributed by atoms with E-state index in [2.05, 4.69) is 22.5 Å². The number of ether oxygens (including phenoxy) is 1. The highest BCUT2D eigenvalue weighted by molar-refractivity contribution is 5.67. The van der Waals surface area contributed by atoms with Gasteiger partial charge in [0.1, 0.15) is 6.61 Å². The lowest BCUT2D eigenvalue weighted by atomic mass is 9.86. The minimum absolute atomic E-state index is 0.195. The predicted molar refractivity (Wildman–Crippen MR) is 92.4 cm³/mol. The van der Waals surface area contributed by atoms with Crippen LogP contribution in [0.4, 0.5) is 4.79 Å². The SMILES string of the molecule is Cc1ccncc1CNC1CC(NC(=O)OCc2ccccc2)C1. The number of carbonyl (C=O) groups is 1. The van der Waals surface area contributed by atoms with Crippen molar-refractivity contribution in [2.24, 2.45) is 0 Å². The number of pyridine rings is 1. The zero-order chi connectivity index (χ0) is 16.8. The maximum absolute atomic E-state index is 11.8. The zero-order valence-corrected chi connectivity index (χ0v) is 13.9. The smallest absolute Gasteiger partial charge is 0.407 e. The molecular formula is C19H23N3O2. The number of aromatic nitrogens is 1. The van der Waals surface area contributed by atoms with E-state index >= 15 is 0 Å². The molecule has 1 heterocycles. The Hall–Kier alpha value is -2.40. The summed E-state index contributed by atoms with van der Waals surface area (Å²) in [5.41, 5.74) is 3.46. The molecule has 1 amide bonds. The molecule has 0 atom stereocenters. The van der Waals surface area contributed by atoms with Gasteiger partial charge in [-0.2, -0.15) is 0 Å². The van der Waals surface area contributed by atoms with Crippen LogP contribution in [-0.4, -0.2) is 23.2 Å². The van der Waals surface area contributed by atoms with Crippen LogP contribution in [0.25, 0.3) is 0 Å². The summed E-state index contributed by atoms with van der Waals surface area (Å²) in [6.45, 7) is 3.21. The van der Waals surface area contributed by atoms with Gasteiger partial charge >= 0.3 is 6.09 Å². The van der Waals surface area contributed by atoms with Gasteiger partial charge in [0.05, 0.1) is 0 Å². The minimum Gasteiger partial charge on any atom is -0.445 e. The van der Waals surface area contributed by atoms with Gasteiger partial charge in [-0.3, -0.25) is 4.98 Å². The number of aryl methyl sites for hydroxylation is 1. The summed E-state index contributed by atoms with van der Waals surface area (Å²) in [5, 5.41) is 6.42. The van der Waals surface area contributed by atoms with Gasteiger partial charge in [0, 0.05) is 31.0 Å². The zero-order valence-electron chi connectivity index (χ0n) is 13.9. The van der Waals surface area contributed by atoms with Crippen molar-refractivity contribution in [3.8, 4) is 0 Å². The van der Waals surface area contributed by atoms with E-state index in [-0.39, 0.29) is 12.1 Å². The van der Waals surface area contributed by atoms with Gasteiger partial charge in [0.25, 0.3) is 0 Å². The Morgan fingerprint density at radius 1 is 1.21 bits per heavy atom. The molecule has 2 aromatic rings. The van der Waals surface area contributed by atoms with Crippen LogP contribution >= 0.6 is 0 Å². The molecule has 1 saturated carbocycles. The largest absolute Gasteiger partial charge is 0.445 e. The molecule has 126 valence electrons. The highest BCUT2D eigenvalue weighted by Crippen LogP contribution is 2.21.